The molecule has 0 saturated carbocycles. The molecule has 0 atom stereocenters. The molecule has 1 aromatic carbocycles. The van der Waals surface area contributed by atoms with E-state index in [-0.39, 0.29) is 27.7 Å². The van der Waals surface area contributed by atoms with Crippen LogP contribution in [0.4, 0.5) is 5.69 Å². The van der Waals surface area contributed by atoms with E-state index in [0.717, 1.165) is 6.07 Å². The summed E-state index contributed by atoms with van der Waals surface area (Å²) < 4.78 is 0. The van der Waals surface area contributed by atoms with E-state index in [1.807, 2.05) is 0 Å². The van der Waals surface area contributed by atoms with Crippen molar-refractivity contribution in [3.63, 3.8) is 0 Å². The summed E-state index contributed by atoms with van der Waals surface area (Å²) in [6, 6.07) is 6.59. The van der Waals surface area contributed by atoms with Gasteiger partial charge in [0.05, 0.1) is 11.3 Å². The maximum atomic E-state index is 12.1. The number of phenolic OH excluding ortho intramolecular Hbond substituents is 1. The molecule has 21 heavy (non-hydrogen) atoms. The van der Waals surface area contributed by atoms with Crippen molar-refractivity contribution in [1.82, 2.24) is 4.98 Å². The molecule has 1 aromatic heterocycles. The van der Waals surface area contributed by atoms with Crippen molar-refractivity contribution < 1.29 is 19.8 Å². The van der Waals surface area contributed by atoms with Crippen LogP contribution in [0.1, 0.15) is 26.4 Å². The molecule has 0 bridgehead atoms. The van der Waals surface area contributed by atoms with E-state index >= 15 is 0 Å². The van der Waals surface area contributed by atoms with Crippen LogP contribution in [0.3, 0.4) is 0 Å². The maximum Gasteiger partial charge on any atom is 0.335 e. The van der Waals surface area contributed by atoms with Crippen molar-refractivity contribution in [2.24, 2.45) is 0 Å². The smallest absolute Gasteiger partial charge is 0.335 e. The first kappa shape index (κ1) is 14.8. The fraction of sp³-hybridized carbons (Fsp3) is 0.0714. The number of aromatic hydroxyl groups is 1. The normalized spacial score (nSPS) is 10.2. The molecule has 0 spiro atoms. The van der Waals surface area contributed by atoms with Crippen LogP contribution in [0.25, 0.3) is 0 Å². The highest BCUT2D eigenvalue weighted by Gasteiger charge is 2.12. The third kappa shape index (κ3) is 3.49. The van der Waals surface area contributed by atoms with Gasteiger partial charge in [-0.05, 0) is 37.3 Å². The number of carboxylic acid groups (broad SMARTS) is 1. The molecular formula is C14H11ClN2O4. The number of nitrogens with zero attached hydrogens (tertiary/aromatic N) is 1. The fourth-order valence-corrected chi connectivity index (χ4v) is 1.97. The highest BCUT2D eigenvalue weighted by molar-refractivity contribution is 6.29. The van der Waals surface area contributed by atoms with Crippen LogP contribution in [0.15, 0.2) is 30.3 Å². The van der Waals surface area contributed by atoms with Crippen LogP contribution < -0.4 is 5.32 Å². The molecular weight excluding hydrogens is 296 g/mol. The molecule has 0 aliphatic carbocycles. The summed E-state index contributed by atoms with van der Waals surface area (Å²) in [4.78, 5) is 26.8. The van der Waals surface area contributed by atoms with E-state index in [1.165, 1.54) is 18.2 Å². The van der Waals surface area contributed by atoms with Gasteiger partial charge in [-0.3, -0.25) is 4.79 Å². The first-order valence-corrected chi connectivity index (χ1v) is 6.26. The number of phenols is 1. The predicted octanol–water partition coefficient (Wildman–Crippen LogP) is 2.70. The Hall–Kier alpha value is -2.60. The van der Waals surface area contributed by atoms with Crippen LogP contribution >= 0.6 is 11.6 Å². The van der Waals surface area contributed by atoms with Gasteiger partial charge in [0.25, 0.3) is 5.91 Å². The Morgan fingerprint density at radius 1 is 1.19 bits per heavy atom. The highest BCUT2D eigenvalue weighted by atomic mass is 35.5. The molecule has 6 nitrogen and oxygen atoms in total. The van der Waals surface area contributed by atoms with Gasteiger partial charge >= 0.3 is 5.97 Å². The van der Waals surface area contributed by atoms with E-state index in [0.29, 0.717) is 5.69 Å². The van der Waals surface area contributed by atoms with Crippen LogP contribution in [-0.2, 0) is 0 Å². The monoisotopic (exact) mass is 306 g/mol. The summed E-state index contributed by atoms with van der Waals surface area (Å²) in [5.74, 6) is -1.99. The lowest BCUT2D eigenvalue weighted by Gasteiger charge is -2.08. The minimum absolute atomic E-state index is 0.0756. The number of nitrogens with one attached hydrogen (secondary N) is 1. The van der Waals surface area contributed by atoms with E-state index in [4.69, 9.17) is 16.7 Å². The van der Waals surface area contributed by atoms with Gasteiger partial charge in [0.2, 0.25) is 0 Å². The Bertz CT molecular complexity index is 711. The number of benzene rings is 1. The van der Waals surface area contributed by atoms with E-state index < -0.39 is 11.9 Å². The van der Waals surface area contributed by atoms with Crippen molar-refractivity contribution in [2.45, 2.75) is 6.92 Å². The van der Waals surface area contributed by atoms with Gasteiger partial charge < -0.3 is 15.5 Å². The molecule has 0 radical (unpaired) electrons. The zero-order valence-electron chi connectivity index (χ0n) is 10.9. The number of hydrogen-bond donors (Lipinski definition) is 3. The van der Waals surface area contributed by atoms with Gasteiger partial charge in [-0.15, -0.1) is 0 Å². The number of aryl methyl sites for hydroxylation is 1. The second-order valence-corrected chi connectivity index (χ2v) is 4.70. The van der Waals surface area contributed by atoms with Gasteiger partial charge in [-0.1, -0.05) is 11.6 Å². The topological polar surface area (TPSA) is 99.5 Å². The predicted molar refractivity (Wildman–Crippen MR) is 77.0 cm³/mol. The van der Waals surface area contributed by atoms with Gasteiger partial charge in [0, 0.05) is 11.3 Å². The van der Waals surface area contributed by atoms with Crippen LogP contribution in [-0.4, -0.2) is 27.1 Å². The summed E-state index contributed by atoms with van der Waals surface area (Å²) in [5, 5.41) is 21.2. The highest BCUT2D eigenvalue weighted by Crippen LogP contribution is 2.25. The van der Waals surface area contributed by atoms with Crippen molar-refractivity contribution in [2.75, 3.05) is 5.32 Å². The Morgan fingerprint density at radius 3 is 2.48 bits per heavy atom. The average Bonchev–Trinajstić information content (AvgIpc) is 2.39. The van der Waals surface area contributed by atoms with Crippen LogP contribution in [0.2, 0.25) is 5.15 Å². The third-order valence-corrected chi connectivity index (χ3v) is 2.87. The Labute approximate surface area is 125 Å². The second-order valence-electron chi connectivity index (χ2n) is 4.31. The molecule has 2 rings (SSSR count). The third-order valence-electron chi connectivity index (χ3n) is 2.68. The minimum atomic E-state index is -1.17. The second kappa shape index (κ2) is 5.80. The van der Waals surface area contributed by atoms with E-state index in [9.17, 15) is 14.7 Å². The molecule has 0 aliphatic heterocycles. The molecule has 0 saturated heterocycles. The summed E-state index contributed by atoms with van der Waals surface area (Å²) in [6.07, 6.45) is 0. The van der Waals surface area contributed by atoms with Gasteiger partial charge in [0.1, 0.15) is 10.9 Å². The molecule has 0 aliphatic rings. The van der Waals surface area contributed by atoms with Crippen molar-refractivity contribution >= 4 is 29.2 Å². The SMILES string of the molecule is Cc1cc(C(=O)Nc2ccc(C(=O)O)cc2O)cc(Cl)n1. The van der Waals surface area contributed by atoms with Gasteiger partial charge in [-0.25, -0.2) is 9.78 Å². The molecule has 108 valence electrons. The molecule has 7 heteroatoms. The fourth-order valence-electron chi connectivity index (χ4n) is 1.72. The molecule has 0 fully saturated rings. The molecule has 3 N–H and O–H groups in total. The molecule has 2 aromatic rings. The number of carbonyl (C=O) groups is 2. The minimum Gasteiger partial charge on any atom is -0.506 e. The van der Waals surface area contributed by atoms with Crippen LogP contribution in [0, 0.1) is 6.92 Å². The quantitative estimate of drug-likeness (QED) is 0.598. The lowest BCUT2D eigenvalue weighted by molar-refractivity contribution is 0.0696. The first-order valence-electron chi connectivity index (χ1n) is 5.88. The summed E-state index contributed by atoms with van der Waals surface area (Å²) in [6.45, 7) is 1.70. The van der Waals surface area contributed by atoms with Crippen molar-refractivity contribution in [1.29, 1.82) is 0 Å². The van der Waals surface area contributed by atoms with Gasteiger partial charge in [0.15, 0.2) is 0 Å². The number of pyridine rings is 1. The number of carboxylic acids is 1. The van der Waals surface area contributed by atoms with Crippen molar-refractivity contribution in [3.8, 4) is 5.75 Å². The zero-order valence-corrected chi connectivity index (χ0v) is 11.7. The molecule has 1 heterocycles. The number of halogens is 1. The largest absolute Gasteiger partial charge is 0.506 e. The lowest BCUT2D eigenvalue weighted by Crippen LogP contribution is -2.13. The van der Waals surface area contributed by atoms with E-state index in [2.05, 4.69) is 10.3 Å². The molecule has 1 amide bonds. The zero-order chi connectivity index (χ0) is 15.6. The van der Waals surface area contributed by atoms with Gasteiger partial charge in [-0.2, -0.15) is 0 Å². The number of aromatic nitrogens is 1. The molecule has 0 unspecified atom stereocenters. The summed E-state index contributed by atoms with van der Waals surface area (Å²) in [5.41, 5.74) is 0.899. The van der Waals surface area contributed by atoms with E-state index in [1.54, 1.807) is 13.0 Å². The number of amides is 1. The Kier molecular flexibility index (Phi) is 4.09. The van der Waals surface area contributed by atoms with Crippen LogP contribution in [0.5, 0.6) is 5.75 Å². The number of aromatic carboxylic acids is 1. The Balaban J connectivity index is 2.25. The first-order chi connectivity index (χ1) is 9.86. The van der Waals surface area contributed by atoms with Crippen molar-refractivity contribution in [3.05, 3.63) is 52.3 Å². The standard InChI is InChI=1S/C14H11ClN2O4/c1-7-4-9(6-12(15)16-7)13(19)17-10-3-2-8(14(20)21)5-11(10)18/h2-6,18H,1H3,(H,17,19)(H,20,21). The summed E-state index contributed by atoms with van der Waals surface area (Å²) in [7, 11) is 0. The average molecular weight is 307 g/mol. The number of rotatable bonds is 3. The lowest BCUT2D eigenvalue weighted by atomic mass is 10.1. The number of anilines is 1. The number of carbonyl (C=O) groups excluding carboxylic acids is 1. The maximum absolute atomic E-state index is 12.1. The number of hydrogen-bond acceptors (Lipinski definition) is 4. The summed E-state index contributed by atoms with van der Waals surface area (Å²) >= 11 is 5.78. The Morgan fingerprint density at radius 2 is 1.90 bits per heavy atom.